The number of ether oxygens (including phenoxy) is 1. The van der Waals surface area contributed by atoms with Gasteiger partial charge in [0, 0.05) is 42.5 Å². The van der Waals surface area contributed by atoms with Crippen LogP contribution in [-0.4, -0.2) is 60.1 Å². The minimum absolute atomic E-state index is 0.00266. The number of hydrogen-bond acceptors (Lipinski definition) is 7. The van der Waals surface area contributed by atoms with Gasteiger partial charge in [0.1, 0.15) is 17.4 Å². The lowest BCUT2D eigenvalue weighted by Crippen LogP contribution is -2.49. The first kappa shape index (κ1) is 24.1. The molecule has 1 amide bonds. The molecule has 4 heterocycles. The molecule has 1 aliphatic heterocycles. The second-order valence-corrected chi connectivity index (χ2v) is 10.2. The van der Waals surface area contributed by atoms with Crippen LogP contribution < -0.4 is 5.56 Å². The SMILES string of the molecule is CC(c1ccc(F)cc1)c1cnc(-c2nc3n(CC(=O)N4C[C@@H](C)O[C@@H](C)C4)ccn3c(=O)c2O)s1. The highest BCUT2D eigenvalue weighted by Crippen LogP contribution is 2.34. The molecule has 36 heavy (non-hydrogen) atoms. The van der Waals surface area contributed by atoms with E-state index < -0.39 is 11.3 Å². The highest BCUT2D eigenvalue weighted by Gasteiger charge is 2.27. The van der Waals surface area contributed by atoms with Crippen molar-refractivity contribution in [3.63, 3.8) is 0 Å². The third-order valence-corrected chi connectivity index (χ3v) is 7.51. The molecular weight excluding hydrogens is 485 g/mol. The molecule has 5 rings (SSSR count). The number of amides is 1. The van der Waals surface area contributed by atoms with E-state index >= 15 is 0 Å². The second-order valence-electron chi connectivity index (χ2n) is 9.11. The first-order valence-corrected chi connectivity index (χ1v) is 12.5. The number of aromatic nitrogens is 4. The van der Waals surface area contributed by atoms with E-state index in [1.807, 2.05) is 20.8 Å². The molecule has 11 heteroatoms. The van der Waals surface area contributed by atoms with Crippen LogP contribution in [0, 0.1) is 5.82 Å². The molecule has 0 bridgehead atoms. The Labute approximate surface area is 210 Å². The molecule has 188 valence electrons. The van der Waals surface area contributed by atoms with Crippen LogP contribution in [0.2, 0.25) is 0 Å². The average Bonchev–Trinajstić information content (AvgIpc) is 3.48. The maximum absolute atomic E-state index is 13.3. The van der Waals surface area contributed by atoms with Gasteiger partial charge in [-0.2, -0.15) is 0 Å². The number of halogens is 1. The molecule has 0 radical (unpaired) electrons. The van der Waals surface area contributed by atoms with Gasteiger partial charge in [0.25, 0.3) is 0 Å². The van der Waals surface area contributed by atoms with E-state index in [0.717, 1.165) is 10.4 Å². The summed E-state index contributed by atoms with van der Waals surface area (Å²) in [6, 6.07) is 6.24. The quantitative estimate of drug-likeness (QED) is 0.441. The van der Waals surface area contributed by atoms with Crippen molar-refractivity contribution in [1.82, 2.24) is 23.8 Å². The maximum Gasteiger partial charge on any atom is 0.302 e. The fourth-order valence-electron chi connectivity index (χ4n) is 4.48. The molecule has 1 aromatic carbocycles. The lowest BCUT2D eigenvalue weighted by Gasteiger charge is -2.35. The van der Waals surface area contributed by atoms with Crippen molar-refractivity contribution in [2.45, 2.75) is 45.4 Å². The van der Waals surface area contributed by atoms with Crippen molar-refractivity contribution >= 4 is 23.0 Å². The molecule has 1 aliphatic rings. The predicted molar refractivity (Wildman–Crippen MR) is 133 cm³/mol. The Kier molecular flexibility index (Phi) is 6.35. The summed E-state index contributed by atoms with van der Waals surface area (Å²) in [5.74, 6) is -0.758. The largest absolute Gasteiger partial charge is 0.501 e. The van der Waals surface area contributed by atoms with E-state index in [1.54, 1.807) is 34.0 Å². The zero-order valence-electron chi connectivity index (χ0n) is 20.1. The monoisotopic (exact) mass is 511 g/mol. The Morgan fingerprint density at radius 1 is 1.22 bits per heavy atom. The van der Waals surface area contributed by atoms with Gasteiger partial charge in [-0.1, -0.05) is 19.1 Å². The number of aromatic hydroxyl groups is 1. The van der Waals surface area contributed by atoms with Crippen LogP contribution in [0.3, 0.4) is 0 Å². The second kappa shape index (κ2) is 9.47. The first-order chi connectivity index (χ1) is 17.2. The molecule has 0 aliphatic carbocycles. The number of imidazole rings is 1. The molecular formula is C25H26FN5O4S. The number of hydrogen-bond donors (Lipinski definition) is 1. The molecule has 0 spiro atoms. The number of benzene rings is 1. The highest BCUT2D eigenvalue weighted by molar-refractivity contribution is 7.15. The molecule has 3 aromatic heterocycles. The lowest BCUT2D eigenvalue weighted by atomic mass is 10.0. The van der Waals surface area contributed by atoms with Gasteiger partial charge < -0.3 is 19.3 Å². The van der Waals surface area contributed by atoms with E-state index in [0.29, 0.717) is 18.1 Å². The smallest absolute Gasteiger partial charge is 0.302 e. The molecule has 3 atom stereocenters. The summed E-state index contributed by atoms with van der Waals surface area (Å²) in [6.45, 7) is 6.82. The van der Waals surface area contributed by atoms with Crippen LogP contribution in [-0.2, 0) is 16.1 Å². The minimum atomic E-state index is -0.641. The molecule has 1 fully saturated rings. The Balaban J connectivity index is 1.45. The lowest BCUT2D eigenvalue weighted by molar-refractivity contribution is -0.143. The van der Waals surface area contributed by atoms with Crippen LogP contribution in [0.1, 0.15) is 37.1 Å². The molecule has 4 aromatic rings. The zero-order chi connectivity index (χ0) is 25.6. The predicted octanol–water partition coefficient (Wildman–Crippen LogP) is 3.25. The summed E-state index contributed by atoms with van der Waals surface area (Å²) in [6.07, 6.45) is 4.64. The number of carbonyl (C=O) groups is 1. The summed E-state index contributed by atoms with van der Waals surface area (Å²) in [7, 11) is 0. The van der Waals surface area contributed by atoms with Crippen LogP contribution in [0.15, 0.2) is 47.7 Å². The average molecular weight is 512 g/mol. The molecule has 9 nitrogen and oxygen atoms in total. The highest BCUT2D eigenvalue weighted by atomic mass is 32.1. The topological polar surface area (TPSA) is 102 Å². The number of thiazole rings is 1. The third-order valence-electron chi connectivity index (χ3n) is 6.33. The standard InChI is InChI=1S/C25H26FN5O4S/c1-14-11-30(12-15(2)35-14)20(32)13-29-8-9-31-24(34)22(33)21(28-25(29)31)23-27-10-19(36-23)16(3)17-4-6-18(26)7-5-17/h4-10,14-16,33H,11-13H2,1-3H3/t14-,15+,16?. The number of carbonyl (C=O) groups excluding carboxylic acids is 1. The maximum atomic E-state index is 13.3. The van der Waals surface area contributed by atoms with Crippen LogP contribution in [0.4, 0.5) is 4.39 Å². The van der Waals surface area contributed by atoms with Gasteiger partial charge in [0.15, 0.2) is 5.69 Å². The Morgan fingerprint density at radius 3 is 2.61 bits per heavy atom. The van der Waals surface area contributed by atoms with Gasteiger partial charge in [-0.3, -0.25) is 9.59 Å². The van der Waals surface area contributed by atoms with E-state index in [9.17, 15) is 19.1 Å². The van der Waals surface area contributed by atoms with Crippen molar-refractivity contribution < 1.29 is 19.0 Å². The van der Waals surface area contributed by atoms with Gasteiger partial charge >= 0.3 is 5.56 Å². The zero-order valence-corrected chi connectivity index (χ0v) is 20.9. The van der Waals surface area contributed by atoms with Gasteiger partial charge in [0.05, 0.1) is 12.2 Å². The Hall–Kier alpha value is -3.57. The number of morpholine rings is 1. The Bertz CT molecular complexity index is 1470. The van der Waals surface area contributed by atoms with Crippen molar-refractivity contribution in [1.29, 1.82) is 0 Å². The summed E-state index contributed by atoms with van der Waals surface area (Å²) < 4.78 is 21.8. The number of nitrogens with zero attached hydrogens (tertiary/aromatic N) is 5. The summed E-state index contributed by atoms with van der Waals surface area (Å²) in [5.41, 5.74) is 0.333. The molecule has 1 unspecified atom stereocenters. The van der Waals surface area contributed by atoms with Gasteiger partial charge in [0.2, 0.25) is 17.4 Å². The fourth-order valence-corrected chi connectivity index (χ4v) is 5.46. The number of rotatable bonds is 5. The van der Waals surface area contributed by atoms with E-state index in [4.69, 9.17) is 4.74 Å². The fraction of sp³-hybridized carbons (Fsp3) is 0.360. The van der Waals surface area contributed by atoms with E-state index in [2.05, 4.69) is 9.97 Å². The molecule has 0 saturated carbocycles. The van der Waals surface area contributed by atoms with Crippen molar-refractivity contribution in [3.05, 3.63) is 69.5 Å². The van der Waals surface area contributed by atoms with Gasteiger partial charge in [-0.15, -0.1) is 11.3 Å². The molecule has 1 saturated heterocycles. The van der Waals surface area contributed by atoms with Crippen LogP contribution in [0.5, 0.6) is 5.75 Å². The minimum Gasteiger partial charge on any atom is -0.501 e. The summed E-state index contributed by atoms with van der Waals surface area (Å²) in [5, 5.41) is 11.0. The summed E-state index contributed by atoms with van der Waals surface area (Å²) >= 11 is 1.30. The van der Waals surface area contributed by atoms with Crippen molar-refractivity contribution in [3.8, 4) is 16.5 Å². The summed E-state index contributed by atoms with van der Waals surface area (Å²) in [4.78, 5) is 37.4. The van der Waals surface area contributed by atoms with Gasteiger partial charge in [-0.25, -0.2) is 18.8 Å². The van der Waals surface area contributed by atoms with E-state index in [1.165, 1.54) is 34.1 Å². The molecule has 1 N–H and O–H groups in total. The van der Waals surface area contributed by atoms with Crippen molar-refractivity contribution in [2.75, 3.05) is 13.1 Å². The third kappa shape index (κ3) is 4.51. The van der Waals surface area contributed by atoms with Crippen LogP contribution >= 0.6 is 11.3 Å². The van der Waals surface area contributed by atoms with Crippen molar-refractivity contribution in [2.24, 2.45) is 0 Å². The van der Waals surface area contributed by atoms with Crippen LogP contribution in [0.25, 0.3) is 16.5 Å². The number of fused-ring (bicyclic) bond motifs is 1. The first-order valence-electron chi connectivity index (χ1n) is 11.7. The Morgan fingerprint density at radius 2 is 1.92 bits per heavy atom. The normalized spacial score (nSPS) is 19.1. The van der Waals surface area contributed by atoms with E-state index in [-0.39, 0.29) is 47.9 Å². The van der Waals surface area contributed by atoms with Gasteiger partial charge in [-0.05, 0) is 31.5 Å².